The molecule has 1 fully saturated rings. The molecular weight excluding hydrogens is 313 g/mol. The van der Waals surface area contributed by atoms with Gasteiger partial charge >= 0.3 is 6.18 Å². The summed E-state index contributed by atoms with van der Waals surface area (Å²) in [6.45, 7) is 1.93. The monoisotopic (exact) mass is 328 g/mol. The van der Waals surface area contributed by atoms with Gasteiger partial charge in [-0.3, -0.25) is 14.5 Å². The van der Waals surface area contributed by atoms with Gasteiger partial charge in [0.1, 0.15) is 12.2 Å². The molecule has 9 heteroatoms. The van der Waals surface area contributed by atoms with Crippen LogP contribution in [0.2, 0.25) is 0 Å². The third-order valence-corrected chi connectivity index (χ3v) is 4.16. The maximum atomic E-state index is 13.0. The molecule has 1 aromatic carbocycles. The molecule has 2 aliphatic rings. The summed E-state index contributed by atoms with van der Waals surface area (Å²) in [5.41, 5.74) is 5.04. The van der Waals surface area contributed by atoms with E-state index < -0.39 is 29.9 Å². The van der Waals surface area contributed by atoms with Crippen molar-refractivity contribution >= 4 is 23.2 Å². The van der Waals surface area contributed by atoms with Crippen molar-refractivity contribution in [2.75, 3.05) is 22.9 Å². The Morgan fingerprint density at radius 2 is 2.09 bits per heavy atom. The number of nitrogens with two attached hydrogens (primary N) is 1. The van der Waals surface area contributed by atoms with Gasteiger partial charge in [0, 0.05) is 6.54 Å². The number of fused-ring (bicyclic) bond motifs is 3. The van der Waals surface area contributed by atoms with Crippen molar-refractivity contribution in [3.05, 3.63) is 23.8 Å². The molecule has 0 aromatic heterocycles. The Morgan fingerprint density at radius 3 is 2.70 bits per heavy atom. The lowest BCUT2D eigenvalue weighted by molar-refractivity contribution is -0.137. The Morgan fingerprint density at radius 1 is 1.39 bits per heavy atom. The molecule has 1 aromatic rings. The lowest BCUT2D eigenvalue weighted by Gasteiger charge is -2.37. The topological polar surface area (TPSA) is 78.7 Å². The molecule has 0 saturated carbocycles. The fourth-order valence-electron chi connectivity index (χ4n) is 3.04. The fourth-order valence-corrected chi connectivity index (χ4v) is 3.04. The van der Waals surface area contributed by atoms with Crippen LogP contribution in [-0.2, 0) is 15.8 Å². The van der Waals surface area contributed by atoms with E-state index >= 15 is 0 Å². The zero-order valence-electron chi connectivity index (χ0n) is 12.2. The van der Waals surface area contributed by atoms with E-state index in [1.165, 1.54) is 22.8 Å². The number of alkyl halides is 3. The van der Waals surface area contributed by atoms with Gasteiger partial charge in [0.2, 0.25) is 11.8 Å². The molecule has 23 heavy (non-hydrogen) atoms. The number of hydrogen-bond donors (Lipinski definition) is 2. The average molecular weight is 328 g/mol. The summed E-state index contributed by atoms with van der Waals surface area (Å²) < 4.78 is 39.0. The molecule has 3 rings (SSSR count). The van der Waals surface area contributed by atoms with Crippen LogP contribution in [0, 0.1) is 0 Å². The number of piperazine rings is 1. The van der Waals surface area contributed by atoms with Crippen LogP contribution in [0.5, 0.6) is 0 Å². The standard InChI is InChI=1S/C14H15F3N4O2/c1-7(13(18)23)20-10-4-8(14(15,16)17)2-3-9(10)21-11(20)5-19-6-12(21)22/h2-4,7,11,19H,5-6H2,1H3,(H2,18,23)/t7-,11-/m1/s1. The van der Waals surface area contributed by atoms with E-state index in [9.17, 15) is 22.8 Å². The maximum absolute atomic E-state index is 13.0. The molecule has 3 N–H and O–H groups in total. The number of amides is 2. The van der Waals surface area contributed by atoms with Crippen molar-refractivity contribution in [2.24, 2.45) is 5.73 Å². The highest BCUT2D eigenvalue weighted by Gasteiger charge is 2.45. The number of carbonyl (C=O) groups is 2. The van der Waals surface area contributed by atoms with E-state index in [2.05, 4.69) is 5.32 Å². The summed E-state index contributed by atoms with van der Waals surface area (Å²) in [4.78, 5) is 26.6. The second kappa shape index (κ2) is 5.12. The van der Waals surface area contributed by atoms with Crippen LogP contribution in [-0.4, -0.2) is 37.1 Å². The maximum Gasteiger partial charge on any atom is 0.416 e. The number of anilines is 2. The van der Waals surface area contributed by atoms with Crippen molar-refractivity contribution in [3.63, 3.8) is 0 Å². The summed E-state index contributed by atoms with van der Waals surface area (Å²) in [6, 6.07) is 2.31. The molecule has 2 heterocycles. The van der Waals surface area contributed by atoms with Crippen LogP contribution in [0.4, 0.5) is 24.5 Å². The van der Waals surface area contributed by atoms with E-state index in [0.29, 0.717) is 12.2 Å². The van der Waals surface area contributed by atoms with Crippen molar-refractivity contribution in [1.82, 2.24) is 5.32 Å². The molecule has 0 spiro atoms. The minimum atomic E-state index is -4.51. The molecule has 0 bridgehead atoms. The van der Waals surface area contributed by atoms with E-state index in [4.69, 9.17) is 5.73 Å². The molecule has 2 amide bonds. The largest absolute Gasteiger partial charge is 0.416 e. The van der Waals surface area contributed by atoms with Gasteiger partial charge in [0.15, 0.2) is 0 Å². The van der Waals surface area contributed by atoms with Crippen molar-refractivity contribution in [2.45, 2.75) is 25.3 Å². The first kappa shape index (κ1) is 15.6. The van der Waals surface area contributed by atoms with Crippen molar-refractivity contribution in [1.29, 1.82) is 0 Å². The minimum absolute atomic E-state index is 0.0930. The molecule has 2 atom stereocenters. The molecule has 2 aliphatic heterocycles. The summed E-state index contributed by atoms with van der Waals surface area (Å²) in [5.74, 6) is -0.935. The third-order valence-electron chi connectivity index (χ3n) is 4.16. The Balaban J connectivity index is 2.14. The molecule has 6 nitrogen and oxygen atoms in total. The van der Waals surface area contributed by atoms with Crippen LogP contribution in [0.3, 0.4) is 0 Å². The molecular formula is C14H15F3N4O2. The predicted octanol–water partition coefficient (Wildman–Crippen LogP) is 0.661. The van der Waals surface area contributed by atoms with Crippen molar-refractivity contribution in [3.8, 4) is 0 Å². The highest BCUT2D eigenvalue weighted by molar-refractivity contribution is 6.03. The van der Waals surface area contributed by atoms with Crippen LogP contribution in [0.25, 0.3) is 0 Å². The average Bonchev–Trinajstić information content (AvgIpc) is 2.80. The number of rotatable bonds is 2. The van der Waals surface area contributed by atoms with E-state index in [1.807, 2.05) is 0 Å². The minimum Gasteiger partial charge on any atom is -0.368 e. The number of halogens is 3. The molecule has 0 radical (unpaired) electrons. The Kier molecular flexibility index (Phi) is 3.47. The lowest BCUT2D eigenvalue weighted by Crippen LogP contribution is -2.61. The summed E-state index contributed by atoms with van der Waals surface area (Å²) in [7, 11) is 0. The quantitative estimate of drug-likeness (QED) is 0.836. The van der Waals surface area contributed by atoms with Gasteiger partial charge in [-0.05, 0) is 25.1 Å². The van der Waals surface area contributed by atoms with Gasteiger partial charge in [0.25, 0.3) is 0 Å². The van der Waals surface area contributed by atoms with Gasteiger partial charge < -0.3 is 16.0 Å². The first-order valence-corrected chi connectivity index (χ1v) is 7.03. The summed E-state index contributed by atoms with van der Waals surface area (Å²) in [5, 5.41) is 2.90. The Hall–Kier alpha value is -2.29. The van der Waals surface area contributed by atoms with Crippen LogP contribution in [0.15, 0.2) is 18.2 Å². The van der Waals surface area contributed by atoms with E-state index in [1.54, 1.807) is 0 Å². The van der Waals surface area contributed by atoms with Gasteiger partial charge in [-0.2, -0.15) is 13.2 Å². The molecule has 1 saturated heterocycles. The van der Waals surface area contributed by atoms with Gasteiger partial charge in [-0.25, -0.2) is 0 Å². The van der Waals surface area contributed by atoms with E-state index in [0.717, 1.165) is 12.1 Å². The van der Waals surface area contributed by atoms with Crippen LogP contribution in [0.1, 0.15) is 12.5 Å². The lowest BCUT2D eigenvalue weighted by atomic mass is 10.1. The number of primary amides is 1. The smallest absolute Gasteiger partial charge is 0.368 e. The first-order chi connectivity index (χ1) is 10.7. The SMILES string of the molecule is C[C@H](C(N)=O)N1c2cc(C(F)(F)F)ccc2N2C(=O)CNC[C@@H]21. The number of hydrogen-bond acceptors (Lipinski definition) is 4. The highest BCUT2D eigenvalue weighted by atomic mass is 19.4. The van der Waals surface area contributed by atoms with Crippen molar-refractivity contribution < 1.29 is 22.8 Å². The normalized spacial score (nSPS) is 21.9. The third kappa shape index (κ3) is 2.40. The Bertz CT molecular complexity index is 676. The van der Waals surface area contributed by atoms with Gasteiger partial charge in [0.05, 0.1) is 23.5 Å². The number of nitrogens with one attached hydrogen (secondary N) is 1. The first-order valence-electron chi connectivity index (χ1n) is 7.03. The summed E-state index contributed by atoms with van der Waals surface area (Å²) in [6.07, 6.45) is -5.08. The molecule has 0 unspecified atom stereocenters. The number of carbonyl (C=O) groups excluding carboxylic acids is 2. The second-order valence-electron chi connectivity index (χ2n) is 5.56. The molecule has 124 valence electrons. The zero-order chi connectivity index (χ0) is 16.9. The van der Waals surface area contributed by atoms with Gasteiger partial charge in [-0.15, -0.1) is 0 Å². The number of benzene rings is 1. The summed E-state index contributed by atoms with van der Waals surface area (Å²) >= 11 is 0. The molecule has 0 aliphatic carbocycles. The van der Waals surface area contributed by atoms with Crippen LogP contribution >= 0.6 is 0 Å². The Labute approximate surface area is 130 Å². The predicted molar refractivity (Wildman–Crippen MR) is 76.7 cm³/mol. The van der Waals surface area contributed by atoms with Gasteiger partial charge in [-0.1, -0.05) is 0 Å². The number of nitrogens with zero attached hydrogens (tertiary/aromatic N) is 2. The zero-order valence-corrected chi connectivity index (χ0v) is 12.2. The highest BCUT2D eigenvalue weighted by Crippen LogP contribution is 2.44. The fraction of sp³-hybridized carbons (Fsp3) is 0.429. The second-order valence-corrected chi connectivity index (χ2v) is 5.56. The van der Waals surface area contributed by atoms with Crippen LogP contribution < -0.4 is 20.9 Å². The van der Waals surface area contributed by atoms with E-state index in [-0.39, 0.29) is 18.1 Å².